The molecule has 1 aromatic carbocycles. The molecule has 1 atom stereocenters. The van der Waals surface area contributed by atoms with Crippen LogP contribution >= 0.6 is 22.9 Å². The Hall–Kier alpha value is -2.38. The molecule has 1 aliphatic heterocycles. The summed E-state index contributed by atoms with van der Waals surface area (Å²) in [5, 5.41) is 8.34. The van der Waals surface area contributed by atoms with Crippen LogP contribution in [0.25, 0.3) is 11.4 Å². The van der Waals surface area contributed by atoms with Crippen molar-refractivity contribution in [1.82, 2.24) is 10.1 Å². The molecule has 6 nitrogen and oxygen atoms in total. The normalized spacial score (nSPS) is 16.1. The highest BCUT2D eigenvalue weighted by Gasteiger charge is 2.28. The Morgan fingerprint density at radius 3 is 3.16 bits per heavy atom. The predicted molar refractivity (Wildman–Crippen MR) is 91.5 cm³/mol. The Bertz CT molecular complexity index is 894. The minimum Gasteiger partial charge on any atom is -0.492 e. The van der Waals surface area contributed by atoms with Crippen LogP contribution in [0.2, 0.25) is 5.02 Å². The quantitative estimate of drug-likeness (QED) is 0.645. The van der Waals surface area contributed by atoms with Gasteiger partial charge in [0.2, 0.25) is 5.82 Å². The van der Waals surface area contributed by atoms with E-state index in [1.54, 1.807) is 17.4 Å². The average Bonchev–Trinajstić information content (AvgIpc) is 3.30. The van der Waals surface area contributed by atoms with E-state index in [2.05, 4.69) is 10.1 Å². The van der Waals surface area contributed by atoms with E-state index in [0.29, 0.717) is 17.3 Å². The number of thiophene rings is 1. The number of fused-ring (bicyclic) bond motifs is 1. The van der Waals surface area contributed by atoms with Crippen LogP contribution in [0.4, 0.5) is 0 Å². The third-order valence-corrected chi connectivity index (χ3v) is 4.77. The molecule has 2 aromatic heterocycles. The first-order chi connectivity index (χ1) is 12.2. The summed E-state index contributed by atoms with van der Waals surface area (Å²) in [5.74, 6) is 0.753. The van der Waals surface area contributed by atoms with Crippen LogP contribution in [-0.2, 0) is 22.6 Å². The van der Waals surface area contributed by atoms with Crippen molar-refractivity contribution in [3.05, 3.63) is 51.5 Å². The second kappa shape index (κ2) is 6.85. The van der Waals surface area contributed by atoms with Crippen LogP contribution in [0.15, 0.2) is 39.5 Å². The minimum atomic E-state index is -0.384. The number of hydrogen-bond donors (Lipinski definition) is 0. The average molecular weight is 377 g/mol. The number of nitrogens with zero attached hydrogens (tertiary/aromatic N) is 2. The summed E-state index contributed by atoms with van der Waals surface area (Å²) in [6.45, 7) is 0.215. The monoisotopic (exact) mass is 376 g/mol. The summed E-state index contributed by atoms with van der Waals surface area (Å²) in [4.78, 5) is 16.5. The fraction of sp³-hybridized carbons (Fsp3) is 0.235. The molecule has 0 saturated heterocycles. The van der Waals surface area contributed by atoms with E-state index >= 15 is 0 Å². The molecule has 0 fully saturated rings. The van der Waals surface area contributed by atoms with E-state index in [1.165, 1.54) is 0 Å². The van der Waals surface area contributed by atoms with E-state index in [9.17, 15) is 4.79 Å². The Balaban J connectivity index is 1.37. The van der Waals surface area contributed by atoms with Gasteiger partial charge >= 0.3 is 5.97 Å². The van der Waals surface area contributed by atoms with Crippen molar-refractivity contribution < 1.29 is 18.8 Å². The Morgan fingerprint density at radius 2 is 2.32 bits per heavy atom. The highest BCUT2D eigenvalue weighted by Crippen LogP contribution is 2.30. The summed E-state index contributed by atoms with van der Waals surface area (Å²) in [7, 11) is 0. The fourth-order valence-corrected chi connectivity index (χ4v) is 3.42. The molecule has 0 spiro atoms. The molecule has 25 heavy (non-hydrogen) atoms. The van der Waals surface area contributed by atoms with Gasteiger partial charge in [-0.2, -0.15) is 16.3 Å². The van der Waals surface area contributed by atoms with Crippen LogP contribution < -0.4 is 4.74 Å². The number of carbonyl (C=O) groups excluding carboxylic acids is 1. The lowest BCUT2D eigenvalue weighted by Crippen LogP contribution is -2.29. The molecular weight excluding hydrogens is 364 g/mol. The number of ether oxygens (including phenoxy) is 2. The largest absolute Gasteiger partial charge is 0.492 e. The Kier molecular flexibility index (Phi) is 4.42. The third-order valence-electron chi connectivity index (χ3n) is 3.85. The third kappa shape index (κ3) is 3.52. The fourth-order valence-electron chi connectivity index (χ4n) is 2.59. The van der Waals surface area contributed by atoms with Crippen molar-refractivity contribution in [3.8, 4) is 17.1 Å². The molecule has 0 bridgehead atoms. The topological polar surface area (TPSA) is 74.5 Å². The predicted octanol–water partition coefficient (Wildman–Crippen LogP) is 3.75. The molecule has 1 aliphatic rings. The molecule has 0 unspecified atom stereocenters. The van der Waals surface area contributed by atoms with E-state index in [4.69, 9.17) is 25.6 Å². The molecule has 8 heteroatoms. The molecule has 0 radical (unpaired) electrons. The van der Waals surface area contributed by atoms with Crippen molar-refractivity contribution in [2.45, 2.75) is 13.0 Å². The molecule has 3 heterocycles. The molecule has 0 saturated carbocycles. The van der Waals surface area contributed by atoms with E-state index in [0.717, 1.165) is 16.9 Å². The summed E-state index contributed by atoms with van der Waals surface area (Å²) < 4.78 is 16.0. The number of halogens is 1. The number of aromatic nitrogens is 2. The van der Waals surface area contributed by atoms with Gasteiger partial charge in [-0.3, -0.25) is 4.79 Å². The van der Waals surface area contributed by atoms with Crippen molar-refractivity contribution in [1.29, 1.82) is 0 Å². The SMILES string of the molecule is O=C(OCc1nc(-c2ccsc2)no1)[C@H]1COc2ccc(Cl)cc2C1. The number of benzene rings is 1. The summed E-state index contributed by atoms with van der Waals surface area (Å²) >= 11 is 7.54. The van der Waals surface area contributed by atoms with E-state index in [-0.39, 0.29) is 31.0 Å². The van der Waals surface area contributed by atoms with Crippen LogP contribution in [0.5, 0.6) is 5.75 Å². The van der Waals surface area contributed by atoms with Gasteiger partial charge in [0, 0.05) is 16.0 Å². The smallest absolute Gasteiger partial charge is 0.313 e. The Labute approximate surface area is 152 Å². The molecule has 3 aromatic rings. The van der Waals surface area contributed by atoms with Gasteiger partial charge in [-0.25, -0.2) is 0 Å². The lowest BCUT2D eigenvalue weighted by atomic mass is 9.97. The zero-order chi connectivity index (χ0) is 17.2. The van der Waals surface area contributed by atoms with Crippen molar-refractivity contribution in [3.63, 3.8) is 0 Å². The second-order valence-electron chi connectivity index (χ2n) is 5.60. The first-order valence-corrected chi connectivity index (χ1v) is 8.94. The first-order valence-electron chi connectivity index (χ1n) is 7.62. The first kappa shape index (κ1) is 16.1. The maximum atomic E-state index is 12.3. The molecule has 128 valence electrons. The maximum Gasteiger partial charge on any atom is 0.313 e. The summed E-state index contributed by atoms with van der Waals surface area (Å²) in [6, 6.07) is 7.28. The highest BCUT2D eigenvalue weighted by atomic mass is 35.5. The van der Waals surface area contributed by atoms with Gasteiger partial charge < -0.3 is 14.0 Å². The van der Waals surface area contributed by atoms with Gasteiger partial charge in [-0.15, -0.1) is 0 Å². The van der Waals surface area contributed by atoms with Crippen LogP contribution in [0.3, 0.4) is 0 Å². The number of hydrogen-bond acceptors (Lipinski definition) is 7. The molecule has 0 N–H and O–H groups in total. The van der Waals surface area contributed by atoms with Crippen LogP contribution in [-0.4, -0.2) is 22.7 Å². The van der Waals surface area contributed by atoms with Crippen molar-refractivity contribution in [2.75, 3.05) is 6.61 Å². The van der Waals surface area contributed by atoms with Crippen LogP contribution in [0.1, 0.15) is 11.5 Å². The van der Waals surface area contributed by atoms with Gasteiger partial charge in [0.15, 0.2) is 6.61 Å². The van der Waals surface area contributed by atoms with E-state index in [1.807, 2.05) is 29.0 Å². The zero-order valence-electron chi connectivity index (χ0n) is 13.0. The van der Waals surface area contributed by atoms with Gasteiger partial charge in [0.1, 0.15) is 12.4 Å². The maximum absolute atomic E-state index is 12.3. The zero-order valence-corrected chi connectivity index (χ0v) is 14.5. The minimum absolute atomic E-state index is 0.0606. The van der Waals surface area contributed by atoms with Crippen LogP contribution in [0, 0.1) is 5.92 Å². The van der Waals surface area contributed by atoms with Gasteiger partial charge in [0.25, 0.3) is 5.89 Å². The van der Waals surface area contributed by atoms with Crippen molar-refractivity contribution in [2.24, 2.45) is 5.92 Å². The lowest BCUT2D eigenvalue weighted by molar-refractivity contribution is -0.152. The number of esters is 1. The lowest BCUT2D eigenvalue weighted by Gasteiger charge is -2.23. The molecule has 0 amide bonds. The van der Waals surface area contributed by atoms with Crippen molar-refractivity contribution >= 4 is 28.9 Å². The molecule has 0 aliphatic carbocycles. The molecule has 4 rings (SSSR count). The standard InChI is InChI=1S/C17H13ClN2O4S/c18-13-1-2-14-11(6-13)5-12(7-22-14)17(21)23-8-15-19-16(20-24-15)10-3-4-25-9-10/h1-4,6,9,12H,5,7-8H2/t12-/m1/s1. The summed E-state index contributed by atoms with van der Waals surface area (Å²) in [6.07, 6.45) is 0.527. The number of carbonyl (C=O) groups is 1. The Morgan fingerprint density at radius 1 is 1.40 bits per heavy atom. The number of rotatable bonds is 4. The van der Waals surface area contributed by atoms with Gasteiger partial charge in [-0.1, -0.05) is 16.8 Å². The second-order valence-corrected chi connectivity index (χ2v) is 6.81. The molecular formula is C17H13ClN2O4S. The van der Waals surface area contributed by atoms with Gasteiger partial charge in [0.05, 0.1) is 5.92 Å². The highest BCUT2D eigenvalue weighted by molar-refractivity contribution is 7.08. The van der Waals surface area contributed by atoms with E-state index < -0.39 is 0 Å². The van der Waals surface area contributed by atoms with Gasteiger partial charge in [-0.05, 0) is 41.6 Å². The summed E-state index contributed by atoms with van der Waals surface area (Å²) in [5.41, 5.74) is 1.78.